The number of ether oxygens (including phenoxy) is 1. The predicted molar refractivity (Wildman–Crippen MR) is 50.3 cm³/mol. The third-order valence-electron chi connectivity index (χ3n) is 1.61. The molecule has 1 aromatic rings. The van der Waals surface area contributed by atoms with E-state index in [0.717, 1.165) is 6.21 Å². The zero-order valence-electron chi connectivity index (χ0n) is 7.41. The molecule has 68 valence electrons. The van der Waals surface area contributed by atoms with Crippen LogP contribution >= 0.6 is 0 Å². The summed E-state index contributed by atoms with van der Waals surface area (Å²) >= 11 is 0. The Kier molecular flexibility index (Phi) is 3.20. The van der Waals surface area contributed by atoms with E-state index in [4.69, 9.17) is 10.1 Å². The van der Waals surface area contributed by atoms with E-state index in [-0.39, 0.29) is 5.97 Å². The molecule has 1 rings (SSSR count). The van der Waals surface area contributed by atoms with Gasteiger partial charge >= 0.3 is 5.97 Å². The molecule has 3 heteroatoms. The van der Waals surface area contributed by atoms with Gasteiger partial charge in [0.25, 0.3) is 0 Å². The molecule has 0 saturated carbocycles. The van der Waals surface area contributed by atoms with E-state index in [2.05, 4.69) is 0 Å². The molecule has 0 heterocycles. The molecular formula is C10H11NO2. The molecule has 0 fully saturated rings. The maximum atomic E-state index is 11.3. The van der Waals surface area contributed by atoms with Gasteiger partial charge in [0.15, 0.2) is 0 Å². The number of hydrogen-bond donors (Lipinski definition) is 1. The van der Waals surface area contributed by atoms with Gasteiger partial charge in [-0.25, -0.2) is 4.79 Å². The molecule has 0 aliphatic heterocycles. The topological polar surface area (TPSA) is 50.2 Å². The van der Waals surface area contributed by atoms with Gasteiger partial charge < -0.3 is 10.1 Å². The maximum Gasteiger partial charge on any atom is 0.338 e. The minimum atomic E-state index is -0.374. The van der Waals surface area contributed by atoms with Crippen molar-refractivity contribution in [2.45, 2.75) is 6.92 Å². The quantitative estimate of drug-likeness (QED) is 0.566. The third-order valence-corrected chi connectivity index (χ3v) is 1.61. The fourth-order valence-electron chi connectivity index (χ4n) is 1.02. The second-order valence-electron chi connectivity index (χ2n) is 2.45. The summed E-state index contributed by atoms with van der Waals surface area (Å²) in [5.41, 5.74) is 1.03. The van der Waals surface area contributed by atoms with Crippen LogP contribution in [0.15, 0.2) is 24.3 Å². The van der Waals surface area contributed by atoms with Crippen LogP contribution in [0.5, 0.6) is 0 Å². The van der Waals surface area contributed by atoms with Crippen LogP contribution < -0.4 is 0 Å². The number of rotatable bonds is 3. The fourth-order valence-corrected chi connectivity index (χ4v) is 1.02. The molecule has 1 N–H and O–H groups in total. The summed E-state index contributed by atoms with van der Waals surface area (Å²) in [4.78, 5) is 11.3. The average Bonchev–Trinajstić information content (AvgIpc) is 2.18. The standard InChI is InChI=1S/C10H11NO2/c1-2-13-10(12)9-6-4-3-5-8(9)7-11/h3-7,11H,2H2,1H3. The van der Waals surface area contributed by atoms with Crippen molar-refractivity contribution in [3.8, 4) is 0 Å². The van der Waals surface area contributed by atoms with Crippen molar-refractivity contribution >= 4 is 12.2 Å². The maximum absolute atomic E-state index is 11.3. The van der Waals surface area contributed by atoms with Crippen LogP contribution in [-0.2, 0) is 4.74 Å². The Bertz CT molecular complexity index is 320. The first-order chi connectivity index (χ1) is 6.29. The number of nitrogens with one attached hydrogen (secondary N) is 1. The van der Waals surface area contributed by atoms with Crippen molar-refractivity contribution in [1.82, 2.24) is 0 Å². The van der Waals surface area contributed by atoms with Gasteiger partial charge in [-0.05, 0) is 13.0 Å². The number of carbonyl (C=O) groups excluding carboxylic acids is 1. The molecule has 13 heavy (non-hydrogen) atoms. The molecule has 0 amide bonds. The van der Waals surface area contributed by atoms with Crippen LogP contribution in [0.4, 0.5) is 0 Å². The normalized spacial score (nSPS) is 9.31. The number of benzene rings is 1. The van der Waals surface area contributed by atoms with Gasteiger partial charge in [0.1, 0.15) is 0 Å². The van der Waals surface area contributed by atoms with Gasteiger partial charge in [0, 0.05) is 11.8 Å². The van der Waals surface area contributed by atoms with E-state index in [1.54, 1.807) is 31.2 Å². The molecule has 3 nitrogen and oxygen atoms in total. The Morgan fingerprint density at radius 1 is 1.54 bits per heavy atom. The third kappa shape index (κ3) is 2.15. The van der Waals surface area contributed by atoms with Crippen LogP contribution in [0.3, 0.4) is 0 Å². The highest BCUT2D eigenvalue weighted by molar-refractivity contribution is 5.98. The van der Waals surface area contributed by atoms with E-state index >= 15 is 0 Å². The summed E-state index contributed by atoms with van der Waals surface area (Å²) in [6, 6.07) is 6.89. The highest BCUT2D eigenvalue weighted by Crippen LogP contribution is 2.07. The lowest BCUT2D eigenvalue weighted by atomic mass is 10.1. The zero-order valence-corrected chi connectivity index (χ0v) is 7.41. The zero-order chi connectivity index (χ0) is 9.68. The Hall–Kier alpha value is -1.64. The predicted octanol–water partition coefficient (Wildman–Crippen LogP) is 1.86. The highest BCUT2D eigenvalue weighted by Gasteiger charge is 2.09. The lowest BCUT2D eigenvalue weighted by molar-refractivity contribution is 0.0526. The van der Waals surface area contributed by atoms with Crippen molar-refractivity contribution in [3.63, 3.8) is 0 Å². The van der Waals surface area contributed by atoms with Crippen molar-refractivity contribution in [2.24, 2.45) is 0 Å². The molecule has 0 radical (unpaired) electrons. The van der Waals surface area contributed by atoms with Crippen molar-refractivity contribution in [3.05, 3.63) is 35.4 Å². The van der Waals surface area contributed by atoms with Crippen molar-refractivity contribution in [1.29, 1.82) is 5.41 Å². The Labute approximate surface area is 76.9 Å². The first kappa shape index (κ1) is 9.45. The van der Waals surface area contributed by atoms with Crippen molar-refractivity contribution < 1.29 is 9.53 Å². The summed E-state index contributed by atoms with van der Waals surface area (Å²) in [6.07, 6.45) is 1.15. The minimum Gasteiger partial charge on any atom is -0.462 e. The van der Waals surface area contributed by atoms with E-state index in [1.165, 1.54) is 0 Å². The summed E-state index contributed by atoms with van der Waals surface area (Å²) in [7, 11) is 0. The van der Waals surface area contributed by atoms with E-state index in [9.17, 15) is 4.79 Å². The van der Waals surface area contributed by atoms with Crippen LogP contribution in [-0.4, -0.2) is 18.8 Å². The van der Waals surface area contributed by atoms with Gasteiger partial charge in [-0.3, -0.25) is 0 Å². The Morgan fingerprint density at radius 3 is 2.85 bits per heavy atom. The Morgan fingerprint density at radius 2 is 2.23 bits per heavy atom. The Balaban J connectivity index is 2.98. The first-order valence-corrected chi connectivity index (χ1v) is 4.06. The van der Waals surface area contributed by atoms with Crippen LogP contribution in [0.1, 0.15) is 22.8 Å². The highest BCUT2D eigenvalue weighted by atomic mass is 16.5. The first-order valence-electron chi connectivity index (χ1n) is 4.06. The SMILES string of the molecule is CCOC(=O)c1ccccc1C=N. The lowest BCUT2D eigenvalue weighted by Crippen LogP contribution is -2.07. The van der Waals surface area contributed by atoms with E-state index < -0.39 is 0 Å². The molecule has 0 bridgehead atoms. The van der Waals surface area contributed by atoms with Crippen LogP contribution in [0, 0.1) is 5.41 Å². The largest absolute Gasteiger partial charge is 0.462 e. The second-order valence-corrected chi connectivity index (χ2v) is 2.45. The molecular weight excluding hydrogens is 166 g/mol. The summed E-state index contributed by atoms with van der Waals surface area (Å²) in [5.74, 6) is -0.374. The summed E-state index contributed by atoms with van der Waals surface area (Å²) in [6.45, 7) is 2.11. The average molecular weight is 177 g/mol. The monoisotopic (exact) mass is 177 g/mol. The van der Waals surface area contributed by atoms with Gasteiger partial charge in [-0.1, -0.05) is 18.2 Å². The summed E-state index contributed by atoms with van der Waals surface area (Å²) in [5, 5.41) is 7.08. The second kappa shape index (κ2) is 4.40. The van der Waals surface area contributed by atoms with Crippen molar-refractivity contribution in [2.75, 3.05) is 6.61 Å². The van der Waals surface area contributed by atoms with Gasteiger partial charge in [0.2, 0.25) is 0 Å². The van der Waals surface area contributed by atoms with E-state index in [1.807, 2.05) is 0 Å². The molecule has 0 aliphatic carbocycles. The summed E-state index contributed by atoms with van der Waals surface area (Å²) < 4.78 is 4.83. The molecule has 0 spiro atoms. The number of hydrogen-bond acceptors (Lipinski definition) is 3. The molecule has 1 aromatic carbocycles. The number of esters is 1. The molecule has 0 aliphatic rings. The van der Waals surface area contributed by atoms with E-state index in [0.29, 0.717) is 17.7 Å². The van der Waals surface area contributed by atoms with Crippen LogP contribution in [0.2, 0.25) is 0 Å². The smallest absolute Gasteiger partial charge is 0.338 e. The molecule has 0 saturated heterocycles. The van der Waals surface area contributed by atoms with Gasteiger partial charge in [-0.15, -0.1) is 0 Å². The van der Waals surface area contributed by atoms with Gasteiger partial charge in [-0.2, -0.15) is 0 Å². The molecule has 0 unspecified atom stereocenters. The van der Waals surface area contributed by atoms with Gasteiger partial charge in [0.05, 0.1) is 12.2 Å². The lowest BCUT2D eigenvalue weighted by Gasteiger charge is -2.03. The fraction of sp³-hybridized carbons (Fsp3) is 0.200. The minimum absolute atomic E-state index is 0.352. The van der Waals surface area contributed by atoms with Crippen LogP contribution in [0.25, 0.3) is 0 Å². The molecule has 0 aromatic heterocycles. The number of carbonyl (C=O) groups is 1. The molecule has 0 atom stereocenters.